The fourth-order valence-corrected chi connectivity index (χ4v) is 6.42. The van der Waals surface area contributed by atoms with E-state index in [1.54, 1.807) is 21.8 Å². The van der Waals surface area contributed by atoms with Gasteiger partial charge in [-0.15, -0.1) is 11.3 Å². The first-order valence-corrected chi connectivity index (χ1v) is 10.4. The van der Waals surface area contributed by atoms with E-state index in [4.69, 9.17) is 0 Å². The summed E-state index contributed by atoms with van der Waals surface area (Å²) in [5, 5.41) is 2.64. The van der Waals surface area contributed by atoms with Crippen molar-refractivity contribution in [1.82, 2.24) is 19.2 Å². The smallest absolute Gasteiger partial charge is 0.218 e. The third kappa shape index (κ3) is 2.99. The molecule has 2 atom stereocenters. The van der Waals surface area contributed by atoms with E-state index >= 15 is 0 Å². The minimum absolute atomic E-state index is 0.179. The molecule has 0 saturated carbocycles. The number of hydrogen-bond donors (Lipinski definition) is 0. The molecule has 0 radical (unpaired) electrons. The van der Waals surface area contributed by atoms with E-state index in [1.165, 1.54) is 0 Å². The van der Waals surface area contributed by atoms with Crippen LogP contribution in [0.2, 0.25) is 0 Å². The van der Waals surface area contributed by atoms with Crippen LogP contribution in [0.1, 0.15) is 16.4 Å². The molecule has 6 nitrogen and oxygen atoms in total. The van der Waals surface area contributed by atoms with Crippen LogP contribution in [-0.4, -0.2) is 52.5 Å². The number of fused-ring (bicyclic) bond motifs is 1. The Labute approximate surface area is 146 Å². The van der Waals surface area contributed by atoms with Gasteiger partial charge in [0.2, 0.25) is 10.0 Å². The fraction of sp³-hybridized carbons (Fsp3) is 0.500. The lowest BCUT2D eigenvalue weighted by Gasteiger charge is -2.20. The Morgan fingerprint density at radius 1 is 1.21 bits per heavy atom. The zero-order valence-corrected chi connectivity index (χ0v) is 15.1. The average molecular weight is 364 g/mol. The number of rotatable bonds is 4. The van der Waals surface area contributed by atoms with Crippen molar-refractivity contribution in [2.45, 2.75) is 25.3 Å². The number of nitrogens with zero attached hydrogens (tertiary/aromatic N) is 4. The van der Waals surface area contributed by atoms with Crippen molar-refractivity contribution in [3.05, 3.63) is 46.2 Å². The second-order valence-corrected chi connectivity index (χ2v) is 9.72. The number of aryl methyl sites for hydroxylation is 1. The second kappa shape index (κ2) is 6.18. The molecule has 0 spiro atoms. The van der Waals surface area contributed by atoms with Crippen molar-refractivity contribution in [2.75, 3.05) is 19.6 Å². The fourth-order valence-electron chi connectivity index (χ4n) is 3.66. The minimum atomic E-state index is -3.24. The van der Waals surface area contributed by atoms with Gasteiger partial charge in [-0.05, 0) is 19.1 Å². The Balaban J connectivity index is 1.44. The molecule has 0 aromatic carbocycles. The molecule has 2 aliphatic heterocycles. The van der Waals surface area contributed by atoms with Crippen molar-refractivity contribution in [3.63, 3.8) is 0 Å². The summed E-state index contributed by atoms with van der Waals surface area (Å²) in [4.78, 5) is 10.9. The molecule has 8 heteroatoms. The van der Waals surface area contributed by atoms with E-state index in [-0.39, 0.29) is 11.2 Å². The summed E-state index contributed by atoms with van der Waals surface area (Å²) in [6, 6.07) is 5.85. The van der Waals surface area contributed by atoms with Crippen molar-refractivity contribution in [1.29, 1.82) is 0 Å². The zero-order valence-electron chi connectivity index (χ0n) is 13.5. The first-order chi connectivity index (χ1) is 11.5. The third-order valence-corrected chi connectivity index (χ3v) is 7.87. The molecule has 0 N–H and O–H groups in total. The average Bonchev–Trinajstić information content (AvgIpc) is 3.19. The van der Waals surface area contributed by atoms with Crippen LogP contribution in [0.4, 0.5) is 0 Å². The normalized spacial score (nSPS) is 26.7. The van der Waals surface area contributed by atoms with Gasteiger partial charge in [0, 0.05) is 43.7 Å². The van der Waals surface area contributed by atoms with Gasteiger partial charge in [-0.25, -0.2) is 13.4 Å². The van der Waals surface area contributed by atoms with Gasteiger partial charge in [0.25, 0.3) is 0 Å². The van der Waals surface area contributed by atoms with Crippen LogP contribution in [0.5, 0.6) is 0 Å². The van der Waals surface area contributed by atoms with Gasteiger partial charge in [-0.3, -0.25) is 9.88 Å². The largest absolute Gasteiger partial charge is 0.296 e. The molecule has 0 unspecified atom stereocenters. The van der Waals surface area contributed by atoms with E-state index in [0.717, 1.165) is 22.9 Å². The molecule has 2 fully saturated rings. The minimum Gasteiger partial charge on any atom is -0.296 e. The van der Waals surface area contributed by atoms with Crippen molar-refractivity contribution >= 4 is 21.4 Å². The van der Waals surface area contributed by atoms with E-state index in [2.05, 4.69) is 14.9 Å². The zero-order chi connectivity index (χ0) is 16.7. The number of sulfonamides is 1. The third-order valence-electron chi connectivity index (χ3n) is 4.75. The van der Waals surface area contributed by atoms with Crippen molar-refractivity contribution in [2.24, 2.45) is 5.92 Å². The van der Waals surface area contributed by atoms with Crippen LogP contribution in [-0.2, 0) is 23.1 Å². The molecule has 2 aromatic heterocycles. The highest BCUT2D eigenvalue weighted by molar-refractivity contribution is 7.90. The maximum Gasteiger partial charge on any atom is 0.218 e. The maximum absolute atomic E-state index is 12.8. The molecule has 2 aromatic rings. The summed E-state index contributed by atoms with van der Waals surface area (Å²) in [7, 11) is -3.24. The molecule has 0 amide bonds. The Bertz CT molecular complexity index is 822. The number of pyridine rings is 1. The van der Waals surface area contributed by atoms with Crippen LogP contribution in [0.25, 0.3) is 0 Å². The topological polar surface area (TPSA) is 66.4 Å². The highest BCUT2D eigenvalue weighted by Crippen LogP contribution is 2.35. The van der Waals surface area contributed by atoms with Crippen molar-refractivity contribution < 1.29 is 8.42 Å². The predicted molar refractivity (Wildman–Crippen MR) is 93.0 cm³/mol. The maximum atomic E-state index is 12.8. The lowest BCUT2D eigenvalue weighted by molar-refractivity contribution is 0.291. The second-order valence-electron chi connectivity index (χ2n) is 6.51. The van der Waals surface area contributed by atoms with Crippen LogP contribution >= 0.6 is 11.3 Å². The Morgan fingerprint density at radius 2 is 2.08 bits per heavy atom. The van der Waals surface area contributed by atoms with Crippen LogP contribution < -0.4 is 0 Å². The van der Waals surface area contributed by atoms with Crippen LogP contribution in [0.3, 0.4) is 0 Å². The number of thiazole rings is 1. The molecular formula is C16H20N4O2S2. The van der Waals surface area contributed by atoms with E-state index < -0.39 is 10.0 Å². The van der Waals surface area contributed by atoms with Crippen LogP contribution in [0.15, 0.2) is 29.8 Å². The molecular weight excluding hydrogens is 344 g/mol. The number of likely N-dealkylation sites (tertiary alicyclic amines) is 1. The highest BCUT2D eigenvalue weighted by atomic mass is 32.2. The van der Waals surface area contributed by atoms with Gasteiger partial charge in [0.15, 0.2) is 0 Å². The Kier molecular flexibility index (Phi) is 4.16. The number of hydrogen-bond acceptors (Lipinski definition) is 6. The summed E-state index contributed by atoms with van der Waals surface area (Å²) in [5.74, 6) is 0.179. The highest BCUT2D eigenvalue weighted by Gasteiger charge is 2.50. The quantitative estimate of drug-likeness (QED) is 0.822. The number of aromatic nitrogens is 2. The van der Waals surface area contributed by atoms with Crippen LogP contribution in [0, 0.1) is 12.8 Å². The SMILES string of the molecule is Cc1nc(CN2C[C@@H]3CN(Cc4ccccn4)C[C@H]3S2(=O)=O)cs1. The molecule has 2 aliphatic rings. The lowest BCUT2D eigenvalue weighted by atomic mass is 10.1. The van der Waals surface area contributed by atoms with E-state index in [9.17, 15) is 8.42 Å². The molecule has 0 bridgehead atoms. The standard InChI is InChI=1S/C16H20N4O2S2/c1-12-18-15(11-23-12)9-20-7-13-6-19(10-16(13)24(20,21)22)8-14-4-2-3-5-17-14/h2-5,11,13,16H,6-10H2,1H3/t13-,16+/m0/s1. The molecule has 4 heterocycles. The van der Waals surface area contributed by atoms with E-state index in [1.807, 2.05) is 30.5 Å². The Morgan fingerprint density at radius 3 is 2.75 bits per heavy atom. The molecule has 24 heavy (non-hydrogen) atoms. The summed E-state index contributed by atoms with van der Waals surface area (Å²) in [5.41, 5.74) is 1.84. The van der Waals surface area contributed by atoms with Gasteiger partial charge in [-0.1, -0.05) is 6.07 Å². The summed E-state index contributed by atoms with van der Waals surface area (Å²) < 4.78 is 27.3. The predicted octanol–water partition coefficient (Wildman–Crippen LogP) is 1.49. The molecule has 4 rings (SSSR count). The van der Waals surface area contributed by atoms with Gasteiger partial charge in [0.05, 0.1) is 28.2 Å². The monoisotopic (exact) mass is 364 g/mol. The first kappa shape index (κ1) is 16.1. The summed E-state index contributed by atoms with van der Waals surface area (Å²) in [6.45, 7) is 5.07. The first-order valence-electron chi connectivity index (χ1n) is 8.04. The lowest BCUT2D eigenvalue weighted by Crippen LogP contribution is -2.34. The van der Waals surface area contributed by atoms with Crippen molar-refractivity contribution in [3.8, 4) is 0 Å². The van der Waals surface area contributed by atoms with Gasteiger partial charge >= 0.3 is 0 Å². The Hall–Kier alpha value is -1.35. The van der Waals surface area contributed by atoms with Gasteiger partial charge < -0.3 is 0 Å². The van der Waals surface area contributed by atoms with Gasteiger partial charge in [0.1, 0.15) is 0 Å². The summed E-state index contributed by atoms with van der Waals surface area (Å²) in [6.07, 6.45) is 1.78. The van der Waals surface area contributed by atoms with Gasteiger partial charge in [-0.2, -0.15) is 4.31 Å². The summed E-state index contributed by atoms with van der Waals surface area (Å²) >= 11 is 1.56. The molecule has 128 valence electrons. The van der Waals surface area contributed by atoms with E-state index in [0.29, 0.717) is 26.2 Å². The molecule has 0 aliphatic carbocycles. The molecule has 2 saturated heterocycles.